The molecule has 0 bridgehead atoms. The van der Waals surface area contributed by atoms with Crippen LogP contribution in [0.2, 0.25) is 0 Å². The van der Waals surface area contributed by atoms with Gasteiger partial charge >= 0.3 is 5.97 Å². The Labute approximate surface area is 128 Å². The third-order valence-electron chi connectivity index (χ3n) is 3.27. The van der Waals surface area contributed by atoms with Gasteiger partial charge in [-0.15, -0.1) is 0 Å². The van der Waals surface area contributed by atoms with Crippen LogP contribution in [0.25, 0.3) is 5.69 Å². The van der Waals surface area contributed by atoms with E-state index in [-0.39, 0.29) is 24.8 Å². The Balaban J connectivity index is 1.85. The molecule has 0 aliphatic carbocycles. The number of carbonyl (C=O) groups is 2. The van der Waals surface area contributed by atoms with Gasteiger partial charge in [-0.1, -0.05) is 12.1 Å². The number of hydrogen-bond donors (Lipinski definition) is 2. The van der Waals surface area contributed by atoms with Gasteiger partial charge in [-0.05, 0) is 37.1 Å². The molecular weight excluding hydrogens is 282 g/mol. The molecule has 2 rings (SSSR count). The SMILES string of the molecule is CC(CCC(=O)O)NC(=O)Cc1ccc(-n2cccn2)cc1. The quantitative estimate of drug-likeness (QED) is 0.816. The largest absolute Gasteiger partial charge is 0.481 e. The highest BCUT2D eigenvalue weighted by Crippen LogP contribution is 2.09. The second kappa shape index (κ2) is 7.40. The number of rotatable bonds is 7. The number of nitrogens with zero attached hydrogens (tertiary/aromatic N) is 2. The van der Waals surface area contributed by atoms with Gasteiger partial charge < -0.3 is 10.4 Å². The van der Waals surface area contributed by atoms with Crippen LogP contribution in [0.1, 0.15) is 25.3 Å². The van der Waals surface area contributed by atoms with Crippen LogP contribution in [-0.2, 0) is 16.0 Å². The van der Waals surface area contributed by atoms with Crippen molar-refractivity contribution in [2.45, 2.75) is 32.2 Å². The summed E-state index contributed by atoms with van der Waals surface area (Å²) in [4.78, 5) is 22.4. The number of carboxylic acids is 1. The van der Waals surface area contributed by atoms with Crippen LogP contribution in [0, 0.1) is 0 Å². The fourth-order valence-electron chi connectivity index (χ4n) is 2.11. The first-order chi connectivity index (χ1) is 10.5. The molecule has 0 aliphatic heterocycles. The summed E-state index contributed by atoms with van der Waals surface area (Å²) in [5, 5.41) is 15.6. The molecule has 2 N–H and O–H groups in total. The van der Waals surface area contributed by atoms with Crippen molar-refractivity contribution in [3.8, 4) is 5.69 Å². The minimum atomic E-state index is -0.852. The summed E-state index contributed by atoms with van der Waals surface area (Å²) in [7, 11) is 0. The number of hydrogen-bond acceptors (Lipinski definition) is 3. The molecule has 6 heteroatoms. The third-order valence-corrected chi connectivity index (χ3v) is 3.27. The number of nitrogens with one attached hydrogen (secondary N) is 1. The first-order valence-corrected chi connectivity index (χ1v) is 7.14. The van der Waals surface area contributed by atoms with Crippen LogP contribution in [0.3, 0.4) is 0 Å². The van der Waals surface area contributed by atoms with E-state index in [2.05, 4.69) is 10.4 Å². The first-order valence-electron chi connectivity index (χ1n) is 7.14. The number of benzene rings is 1. The molecule has 0 spiro atoms. The minimum absolute atomic E-state index is 0.0556. The Morgan fingerprint density at radius 3 is 2.64 bits per heavy atom. The van der Waals surface area contributed by atoms with Crippen molar-refractivity contribution in [2.24, 2.45) is 0 Å². The van der Waals surface area contributed by atoms with Crippen molar-refractivity contribution in [3.63, 3.8) is 0 Å². The van der Waals surface area contributed by atoms with E-state index in [1.807, 2.05) is 43.5 Å². The maximum atomic E-state index is 11.9. The summed E-state index contributed by atoms with van der Waals surface area (Å²) >= 11 is 0. The minimum Gasteiger partial charge on any atom is -0.481 e. The van der Waals surface area contributed by atoms with Gasteiger partial charge in [-0.2, -0.15) is 5.10 Å². The maximum Gasteiger partial charge on any atom is 0.303 e. The Morgan fingerprint density at radius 1 is 1.32 bits per heavy atom. The van der Waals surface area contributed by atoms with Crippen LogP contribution in [-0.4, -0.2) is 32.8 Å². The molecule has 2 aromatic rings. The fourth-order valence-corrected chi connectivity index (χ4v) is 2.11. The van der Waals surface area contributed by atoms with Crippen molar-refractivity contribution in [2.75, 3.05) is 0 Å². The van der Waals surface area contributed by atoms with Crippen LogP contribution in [0.4, 0.5) is 0 Å². The van der Waals surface area contributed by atoms with E-state index < -0.39 is 5.97 Å². The van der Waals surface area contributed by atoms with E-state index in [1.165, 1.54) is 0 Å². The molecule has 116 valence electrons. The topological polar surface area (TPSA) is 84.2 Å². The average molecular weight is 301 g/mol. The van der Waals surface area contributed by atoms with Crippen LogP contribution in [0.5, 0.6) is 0 Å². The lowest BCUT2D eigenvalue weighted by atomic mass is 10.1. The van der Waals surface area contributed by atoms with E-state index >= 15 is 0 Å². The number of carboxylic acid groups (broad SMARTS) is 1. The number of amides is 1. The van der Waals surface area contributed by atoms with Crippen molar-refractivity contribution < 1.29 is 14.7 Å². The Kier molecular flexibility index (Phi) is 5.30. The predicted octanol–water partition coefficient (Wildman–Crippen LogP) is 1.78. The van der Waals surface area contributed by atoms with E-state index in [9.17, 15) is 9.59 Å². The lowest BCUT2D eigenvalue weighted by Gasteiger charge is -2.12. The Morgan fingerprint density at radius 2 is 2.05 bits per heavy atom. The molecule has 1 heterocycles. The van der Waals surface area contributed by atoms with Gasteiger partial charge in [-0.3, -0.25) is 9.59 Å². The summed E-state index contributed by atoms with van der Waals surface area (Å²) in [6.07, 6.45) is 4.32. The van der Waals surface area contributed by atoms with E-state index in [0.717, 1.165) is 11.3 Å². The summed E-state index contributed by atoms with van der Waals surface area (Å²) in [6, 6.07) is 9.29. The highest BCUT2D eigenvalue weighted by molar-refractivity contribution is 5.79. The lowest BCUT2D eigenvalue weighted by Crippen LogP contribution is -2.34. The zero-order valence-corrected chi connectivity index (χ0v) is 12.4. The van der Waals surface area contributed by atoms with Gasteiger partial charge in [0, 0.05) is 24.9 Å². The molecule has 1 aromatic heterocycles. The van der Waals surface area contributed by atoms with Crippen LogP contribution >= 0.6 is 0 Å². The van der Waals surface area contributed by atoms with E-state index in [1.54, 1.807) is 10.9 Å². The molecule has 6 nitrogen and oxygen atoms in total. The van der Waals surface area contributed by atoms with Crippen molar-refractivity contribution in [1.82, 2.24) is 15.1 Å². The Hall–Kier alpha value is -2.63. The molecule has 0 saturated carbocycles. The van der Waals surface area contributed by atoms with Gasteiger partial charge in [-0.25, -0.2) is 4.68 Å². The number of carbonyl (C=O) groups excluding carboxylic acids is 1. The summed E-state index contributed by atoms with van der Waals surface area (Å²) in [5.74, 6) is -0.958. The lowest BCUT2D eigenvalue weighted by molar-refractivity contribution is -0.137. The number of aromatic nitrogens is 2. The molecular formula is C16H19N3O3. The number of aliphatic carboxylic acids is 1. The highest BCUT2D eigenvalue weighted by atomic mass is 16.4. The van der Waals surface area contributed by atoms with Gasteiger partial charge in [0.2, 0.25) is 5.91 Å². The molecule has 0 saturated heterocycles. The molecule has 0 radical (unpaired) electrons. The maximum absolute atomic E-state index is 11.9. The van der Waals surface area contributed by atoms with Crippen molar-refractivity contribution >= 4 is 11.9 Å². The fraction of sp³-hybridized carbons (Fsp3) is 0.312. The molecule has 1 aromatic carbocycles. The monoisotopic (exact) mass is 301 g/mol. The Bertz CT molecular complexity index is 621. The van der Waals surface area contributed by atoms with E-state index in [4.69, 9.17) is 5.11 Å². The van der Waals surface area contributed by atoms with Gasteiger partial charge in [0.15, 0.2) is 0 Å². The summed E-state index contributed by atoms with van der Waals surface area (Å²) in [5.41, 5.74) is 1.84. The standard InChI is InChI=1S/C16H19N3O3/c1-12(3-8-16(21)22)18-15(20)11-13-4-6-14(7-5-13)19-10-2-9-17-19/h2,4-7,9-10,12H,3,8,11H2,1H3,(H,18,20)(H,21,22). The van der Waals surface area contributed by atoms with Crippen LogP contribution in [0.15, 0.2) is 42.7 Å². The van der Waals surface area contributed by atoms with E-state index in [0.29, 0.717) is 6.42 Å². The normalized spacial score (nSPS) is 11.9. The zero-order chi connectivity index (χ0) is 15.9. The molecule has 0 aliphatic rings. The predicted molar refractivity (Wildman–Crippen MR) is 81.7 cm³/mol. The van der Waals surface area contributed by atoms with Gasteiger partial charge in [0.1, 0.15) is 0 Å². The third kappa shape index (κ3) is 4.73. The molecule has 22 heavy (non-hydrogen) atoms. The van der Waals surface area contributed by atoms with Gasteiger partial charge in [0.25, 0.3) is 0 Å². The van der Waals surface area contributed by atoms with Gasteiger partial charge in [0.05, 0.1) is 12.1 Å². The first kappa shape index (κ1) is 15.8. The van der Waals surface area contributed by atoms with Crippen molar-refractivity contribution in [1.29, 1.82) is 0 Å². The smallest absolute Gasteiger partial charge is 0.303 e. The second-order valence-corrected chi connectivity index (χ2v) is 5.19. The average Bonchev–Trinajstić information content (AvgIpc) is 3.00. The molecule has 1 atom stereocenters. The highest BCUT2D eigenvalue weighted by Gasteiger charge is 2.10. The molecule has 1 unspecified atom stereocenters. The summed E-state index contributed by atoms with van der Waals surface area (Å²) < 4.78 is 1.75. The molecule has 1 amide bonds. The van der Waals surface area contributed by atoms with Crippen molar-refractivity contribution in [3.05, 3.63) is 48.3 Å². The second-order valence-electron chi connectivity index (χ2n) is 5.19. The summed E-state index contributed by atoms with van der Waals surface area (Å²) in [6.45, 7) is 1.81. The zero-order valence-electron chi connectivity index (χ0n) is 12.4. The molecule has 0 fully saturated rings. The van der Waals surface area contributed by atoms with Crippen LogP contribution < -0.4 is 5.32 Å².